The quantitative estimate of drug-likeness (QED) is 0.790. The van der Waals surface area contributed by atoms with Crippen LogP contribution in [-0.2, 0) is 0 Å². The Kier molecular flexibility index (Phi) is 2.94. The van der Waals surface area contributed by atoms with Crippen molar-refractivity contribution in [1.82, 2.24) is 4.98 Å². The van der Waals surface area contributed by atoms with Crippen LogP contribution in [0.3, 0.4) is 0 Å². The maximum atomic E-state index is 9.07. The van der Waals surface area contributed by atoms with Crippen molar-refractivity contribution in [3.8, 4) is 0 Å². The summed E-state index contributed by atoms with van der Waals surface area (Å²) in [7, 11) is 0. The van der Waals surface area contributed by atoms with Gasteiger partial charge in [0.2, 0.25) is 0 Å². The van der Waals surface area contributed by atoms with E-state index in [0.29, 0.717) is 0 Å². The van der Waals surface area contributed by atoms with E-state index in [1.807, 2.05) is 30.3 Å². The van der Waals surface area contributed by atoms with E-state index in [1.165, 1.54) is 0 Å². The first-order chi connectivity index (χ1) is 7.35. The van der Waals surface area contributed by atoms with Gasteiger partial charge in [0.25, 0.3) is 0 Å². The van der Waals surface area contributed by atoms with Gasteiger partial charge < -0.3 is 10.2 Å². The third-order valence-electron chi connectivity index (χ3n) is 2.54. The second-order valence-electron chi connectivity index (χ2n) is 3.52. The van der Waals surface area contributed by atoms with E-state index in [0.717, 1.165) is 16.5 Å². The van der Waals surface area contributed by atoms with E-state index in [4.69, 9.17) is 10.2 Å². The minimum absolute atomic E-state index is 0.0468. The fourth-order valence-electron chi connectivity index (χ4n) is 1.61. The summed E-state index contributed by atoms with van der Waals surface area (Å²) in [5.74, 6) is -0.212. The second kappa shape index (κ2) is 4.38. The average Bonchev–Trinajstić information content (AvgIpc) is 2.30. The minimum Gasteiger partial charge on any atom is -0.396 e. The third-order valence-corrected chi connectivity index (χ3v) is 2.54. The molecule has 0 aliphatic heterocycles. The van der Waals surface area contributed by atoms with Gasteiger partial charge in [0.15, 0.2) is 0 Å². The Labute approximate surface area is 88.0 Å². The molecule has 78 valence electrons. The highest BCUT2D eigenvalue weighted by molar-refractivity contribution is 5.79. The Balaban J connectivity index is 2.46. The zero-order valence-corrected chi connectivity index (χ0v) is 8.30. The normalized spacial score (nSPS) is 11.1. The molecule has 0 saturated carbocycles. The number of aliphatic hydroxyl groups is 2. The van der Waals surface area contributed by atoms with E-state index in [-0.39, 0.29) is 19.1 Å². The van der Waals surface area contributed by atoms with Crippen molar-refractivity contribution in [3.05, 3.63) is 42.1 Å². The van der Waals surface area contributed by atoms with E-state index in [2.05, 4.69) is 4.98 Å². The maximum absolute atomic E-state index is 9.07. The van der Waals surface area contributed by atoms with Crippen LogP contribution in [0.5, 0.6) is 0 Å². The van der Waals surface area contributed by atoms with Gasteiger partial charge in [-0.3, -0.25) is 4.98 Å². The standard InChI is InChI=1S/C12H13NO2/c14-7-11(8-15)10-4-3-9-2-1-5-13-12(9)6-10/h1-6,11,14-15H,7-8H2. The van der Waals surface area contributed by atoms with Crippen LogP contribution in [0.4, 0.5) is 0 Å². The molecule has 0 amide bonds. The Morgan fingerprint density at radius 3 is 2.67 bits per heavy atom. The third kappa shape index (κ3) is 1.98. The lowest BCUT2D eigenvalue weighted by atomic mass is 9.99. The summed E-state index contributed by atoms with van der Waals surface area (Å²) in [6.45, 7) is -0.0936. The number of fused-ring (bicyclic) bond motifs is 1. The predicted molar refractivity (Wildman–Crippen MR) is 58.7 cm³/mol. The van der Waals surface area contributed by atoms with Crippen LogP contribution in [-0.4, -0.2) is 28.4 Å². The second-order valence-corrected chi connectivity index (χ2v) is 3.52. The van der Waals surface area contributed by atoms with Crippen molar-refractivity contribution in [2.24, 2.45) is 0 Å². The van der Waals surface area contributed by atoms with E-state index in [9.17, 15) is 0 Å². The van der Waals surface area contributed by atoms with Gasteiger partial charge in [0.1, 0.15) is 0 Å². The molecule has 15 heavy (non-hydrogen) atoms. The van der Waals surface area contributed by atoms with Crippen molar-refractivity contribution in [1.29, 1.82) is 0 Å². The largest absolute Gasteiger partial charge is 0.396 e. The molecule has 2 N–H and O–H groups in total. The summed E-state index contributed by atoms with van der Waals surface area (Å²) in [6.07, 6.45) is 1.74. The van der Waals surface area contributed by atoms with Crippen LogP contribution in [0, 0.1) is 0 Å². The van der Waals surface area contributed by atoms with Gasteiger partial charge in [-0.2, -0.15) is 0 Å². The number of nitrogens with zero attached hydrogens (tertiary/aromatic N) is 1. The van der Waals surface area contributed by atoms with E-state index >= 15 is 0 Å². The molecule has 0 bridgehead atoms. The summed E-state index contributed by atoms with van der Waals surface area (Å²) < 4.78 is 0. The van der Waals surface area contributed by atoms with E-state index in [1.54, 1.807) is 6.20 Å². The van der Waals surface area contributed by atoms with Crippen molar-refractivity contribution < 1.29 is 10.2 Å². The number of hydrogen-bond acceptors (Lipinski definition) is 3. The number of rotatable bonds is 3. The SMILES string of the molecule is OCC(CO)c1ccc2cccnc2c1. The molecule has 0 spiro atoms. The molecule has 1 heterocycles. The van der Waals surface area contributed by atoms with Crippen molar-refractivity contribution in [2.45, 2.75) is 5.92 Å². The molecule has 0 aliphatic rings. The molecular weight excluding hydrogens is 190 g/mol. The van der Waals surface area contributed by atoms with Crippen LogP contribution < -0.4 is 0 Å². The van der Waals surface area contributed by atoms with Gasteiger partial charge in [-0.05, 0) is 17.7 Å². The van der Waals surface area contributed by atoms with Crippen LogP contribution in [0.25, 0.3) is 10.9 Å². The molecule has 0 atom stereocenters. The fraction of sp³-hybridized carbons (Fsp3) is 0.250. The van der Waals surface area contributed by atoms with E-state index < -0.39 is 0 Å². The van der Waals surface area contributed by atoms with Gasteiger partial charge in [-0.15, -0.1) is 0 Å². The highest BCUT2D eigenvalue weighted by Gasteiger charge is 2.09. The topological polar surface area (TPSA) is 53.4 Å². The van der Waals surface area contributed by atoms with Gasteiger partial charge >= 0.3 is 0 Å². The smallest absolute Gasteiger partial charge is 0.0704 e. The Hall–Kier alpha value is -1.45. The van der Waals surface area contributed by atoms with Crippen LogP contribution in [0.2, 0.25) is 0 Å². The van der Waals surface area contributed by atoms with Gasteiger partial charge in [-0.25, -0.2) is 0 Å². The first kappa shape index (κ1) is 10.1. The first-order valence-corrected chi connectivity index (χ1v) is 4.91. The highest BCUT2D eigenvalue weighted by atomic mass is 16.3. The lowest BCUT2D eigenvalue weighted by Crippen LogP contribution is -2.08. The van der Waals surface area contributed by atoms with Crippen LogP contribution >= 0.6 is 0 Å². The molecule has 3 heteroatoms. The number of pyridine rings is 1. The molecule has 0 unspecified atom stereocenters. The highest BCUT2D eigenvalue weighted by Crippen LogP contribution is 2.19. The summed E-state index contributed by atoms with van der Waals surface area (Å²) >= 11 is 0. The monoisotopic (exact) mass is 203 g/mol. The molecule has 0 aliphatic carbocycles. The number of benzene rings is 1. The molecular formula is C12H13NO2. The number of aromatic nitrogens is 1. The summed E-state index contributed by atoms with van der Waals surface area (Å²) in [4.78, 5) is 4.23. The fourth-order valence-corrected chi connectivity index (χ4v) is 1.61. The lowest BCUT2D eigenvalue weighted by molar-refractivity contribution is 0.192. The Morgan fingerprint density at radius 1 is 1.13 bits per heavy atom. The first-order valence-electron chi connectivity index (χ1n) is 4.91. The van der Waals surface area contributed by atoms with Crippen LogP contribution in [0.1, 0.15) is 11.5 Å². The average molecular weight is 203 g/mol. The summed E-state index contributed by atoms with van der Waals surface area (Å²) in [6, 6.07) is 9.65. The minimum atomic E-state index is -0.212. The van der Waals surface area contributed by atoms with Crippen molar-refractivity contribution in [2.75, 3.05) is 13.2 Å². The predicted octanol–water partition coefficient (Wildman–Crippen LogP) is 1.30. The zero-order chi connectivity index (χ0) is 10.7. The molecule has 0 radical (unpaired) electrons. The summed E-state index contributed by atoms with van der Waals surface area (Å²) in [5, 5.41) is 19.2. The van der Waals surface area contributed by atoms with Crippen molar-refractivity contribution >= 4 is 10.9 Å². The molecule has 1 aromatic carbocycles. The van der Waals surface area contributed by atoms with Gasteiger partial charge in [0.05, 0.1) is 18.7 Å². The number of hydrogen-bond donors (Lipinski definition) is 2. The maximum Gasteiger partial charge on any atom is 0.0704 e. The molecule has 3 nitrogen and oxygen atoms in total. The number of aliphatic hydroxyl groups excluding tert-OH is 2. The Morgan fingerprint density at radius 2 is 1.93 bits per heavy atom. The van der Waals surface area contributed by atoms with Gasteiger partial charge in [0, 0.05) is 17.5 Å². The zero-order valence-electron chi connectivity index (χ0n) is 8.30. The van der Waals surface area contributed by atoms with Gasteiger partial charge in [-0.1, -0.05) is 18.2 Å². The molecule has 2 aromatic rings. The summed E-state index contributed by atoms with van der Waals surface area (Å²) in [5.41, 5.74) is 1.81. The Bertz CT molecular complexity index is 452. The van der Waals surface area contributed by atoms with Crippen LogP contribution in [0.15, 0.2) is 36.5 Å². The molecule has 0 saturated heterocycles. The molecule has 2 rings (SSSR count). The van der Waals surface area contributed by atoms with Crippen molar-refractivity contribution in [3.63, 3.8) is 0 Å². The molecule has 1 aromatic heterocycles. The lowest BCUT2D eigenvalue weighted by Gasteiger charge is -2.11. The molecule has 0 fully saturated rings.